The van der Waals surface area contributed by atoms with Gasteiger partial charge in [-0.1, -0.05) is 11.1 Å². The first-order chi connectivity index (χ1) is 3.27. The summed E-state index contributed by atoms with van der Waals surface area (Å²) in [5.74, 6) is 4.83. The molecule has 0 aromatic heterocycles. The van der Waals surface area contributed by atoms with E-state index in [-0.39, 0.29) is 5.75 Å². The Hall–Kier alpha value is 0.0300. The first-order valence-corrected chi connectivity index (χ1v) is 3.01. The second kappa shape index (κ2) is 4.20. The number of rotatable bonds is 3. The molecule has 0 amide bonds. The summed E-state index contributed by atoms with van der Waals surface area (Å²) >= 11 is -1.96. The van der Waals surface area contributed by atoms with Crippen molar-refractivity contribution in [1.82, 2.24) is 5.43 Å². The fourth-order valence-electron chi connectivity index (χ4n) is 0.142. The largest absolute Gasteiger partial charge is 0.772 e. The summed E-state index contributed by atoms with van der Waals surface area (Å²) in [6.07, 6.45) is 0. The van der Waals surface area contributed by atoms with Gasteiger partial charge in [0.15, 0.2) is 0 Å². The van der Waals surface area contributed by atoms with Crippen LogP contribution in [-0.2, 0) is 11.1 Å². The lowest BCUT2D eigenvalue weighted by Crippen LogP contribution is -2.26. The minimum atomic E-state index is -1.96. The van der Waals surface area contributed by atoms with Crippen molar-refractivity contribution in [3.63, 3.8) is 0 Å². The Morgan fingerprint density at radius 3 is 2.57 bits per heavy atom. The highest BCUT2D eigenvalue weighted by Crippen LogP contribution is 1.65. The molecule has 44 valence electrons. The molecule has 0 heterocycles. The third-order valence-electron chi connectivity index (χ3n) is 0.413. The van der Waals surface area contributed by atoms with Crippen molar-refractivity contribution in [3.8, 4) is 0 Å². The molecule has 5 heteroatoms. The van der Waals surface area contributed by atoms with Gasteiger partial charge >= 0.3 is 0 Å². The Bertz CT molecular complexity index is 66.7. The molecule has 4 nitrogen and oxygen atoms in total. The molecular formula is C2H7N2O2S-. The molecule has 0 bridgehead atoms. The predicted octanol–water partition coefficient (Wildman–Crippen LogP) is -1.67. The number of hydrogen-bond acceptors (Lipinski definition) is 4. The molecule has 3 N–H and O–H groups in total. The second-order valence-electron chi connectivity index (χ2n) is 0.962. The smallest absolute Gasteiger partial charge is 0.0241 e. The lowest BCUT2D eigenvalue weighted by atomic mass is 10.8. The Balaban J connectivity index is 2.82. The van der Waals surface area contributed by atoms with Crippen LogP contribution in [0.15, 0.2) is 0 Å². The first-order valence-electron chi connectivity index (χ1n) is 1.76. The molecule has 1 atom stereocenters. The molecule has 0 saturated heterocycles. The Kier molecular flexibility index (Phi) is 4.21. The van der Waals surface area contributed by atoms with Gasteiger partial charge in [0, 0.05) is 12.3 Å². The Morgan fingerprint density at radius 2 is 2.43 bits per heavy atom. The van der Waals surface area contributed by atoms with E-state index in [9.17, 15) is 8.76 Å². The SMILES string of the molecule is NNCCS(=O)[O-]. The van der Waals surface area contributed by atoms with Crippen LogP contribution < -0.4 is 11.3 Å². The predicted molar refractivity (Wildman–Crippen MR) is 26.0 cm³/mol. The van der Waals surface area contributed by atoms with Gasteiger partial charge in [0.2, 0.25) is 0 Å². The highest BCUT2D eigenvalue weighted by molar-refractivity contribution is 7.79. The van der Waals surface area contributed by atoms with Gasteiger partial charge in [0.1, 0.15) is 0 Å². The van der Waals surface area contributed by atoms with Crippen molar-refractivity contribution in [3.05, 3.63) is 0 Å². The minimum absolute atomic E-state index is 0.0799. The Morgan fingerprint density at radius 1 is 1.86 bits per heavy atom. The average Bonchev–Trinajstić information content (AvgIpc) is 1.61. The van der Waals surface area contributed by atoms with Crippen LogP contribution in [0.1, 0.15) is 0 Å². The lowest BCUT2D eigenvalue weighted by Gasteiger charge is -2.00. The highest BCUT2D eigenvalue weighted by atomic mass is 32.2. The van der Waals surface area contributed by atoms with Crippen molar-refractivity contribution in [2.24, 2.45) is 5.84 Å². The summed E-state index contributed by atoms with van der Waals surface area (Å²) in [6.45, 7) is 0.316. The number of hydrazine groups is 1. The maximum absolute atomic E-state index is 9.66. The van der Waals surface area contributed by atoms with E-state index in [0.717, 1.165) is 0 Å². The van der Waals surface area contributed by atoms with Crippen LogP contribution in [-0.4, -0.2) is 21.1 Å². The molecule has 0 radical (unpaired) electrons. The summed E-state index contributed by atoms with van der Waals surface area (Å²) < 4.78 is 19.3. The van der Waals surface area contributed by atoms with Crippen LogP contribution in [0, 0.1) is 0 Å². The van der Waals surface area contributed by atoms with E-state index < -0.39 is 11.1 Å². The molecule has 7 heavy (non-hydrogen) atoms. The summed E-state index contributed by atoms with van der Waals surface area (Å²) in [7, 11) is 0. The van der Waals surface area contributed by atoms with E-state index in [4.69, 9.17) is 5.84 Å². The van der Waals surface area contributed by atoms with Gasteiger partial charge in [0.05, 0.1) is 0 Å². The average molecular weight is 123 g/mol. The van der Waals surface area contributed by atoms with Crippen LogP contribution in [0.25, 0.3) is 0 Å². The van der Waals surface area contributed by atoms with Gasteiger partial charge in [0.25, 0.3) is 0 Å². The normalized spacial score (nSPS) is 14.0. The van der Waals surface area contributed by atoms with Crippen molar-refractivity contribution < 1.29 is 8.76 Å². The van der Waals surface area contributed by atoms with Crippen molar-refractivity contribution in [1.29, 1.82) is 0 Å². The van der Waals surface area contributed by atoms with Crippen molar-refractivity contribution >= 4 is 11.1 Å². The van der Waals surface area contributed by atoms with Crippen LogP contribution >= 0.6 is 0 Å². The summed E-state index contributed by atoms with van der Waals surface area (Å²) in [5.41, 5.74) is 2.21. The number of nitrogens with one attached hydrogen (secondary N) is 1. The van der Waals surface area contributed by atoms with E-state index in [1.54, 1.807) is 0 Å². The molecule has 0 saturated carbocycles. The molecule has 0 spiro atoms. The fraction of sp³-hybridized carbons (Fsp3) is 1.00. The number of hydrogen-bond donors (Lipinski definition) is 2. The minimum Gasteiger partial charge on any atom is -0.772 e. The van der Waals surface area contributed by atoms with Gasteiger partial charge in [-0.2, -0.15) is 0 Å². The first kappa shape index (κ1) is 7.03. The van der Waals surface area contributed by atoms with Gasteiger partial charge in [-0.3, -0.25) is 15.5 Å². The standard InChI is InChI=1S/C2H8N2O2S/c3-4-1-2-7(5)6/h4H,1-3H2,(H,5,6)/p-1. The van der Waals surface area contributed by atoms with E-state index in [2.05, 4.69) is 5.43 Å². The van der Waals surface area contributed by atoms with Crippen LogP contribution in [0.4, 0.5) is 0 Å². The molecule has 0 rings (SSSR count). The fourth-order valence-corrected chi connectivity index (χ4v) is 0.427. The molecule has 0 aliphatic carbocycles. The highest BCUT2D eigenvalue weighted by Gasteiger charge is 1.77. The zero-order chi connectivity index (χ0) is 5.70. The molecule has 0 aromatic carbocycles. The maximum Gasteiger partial charge on any atom is 0.0241 e. The van der Waals surface area contributed by atoms with Crippen molar-refractivity contribution in [2.75, 3.05) is 12.3 Å². The van der Waals surface area contributed by atoms with Crippen LogP contribution in [0.5, 0.6) is 0 Å². The van der Waals surface area contributed by atoms with E-state index >= 15 is 0 Å². The third kappa shape index (κ3) is 6.03. The van der Waals surface area contributed by atoms with E-state index in [1.165, 1.54) is 0 Å². The second-order valence-corrected chi connectivity index (χ2v) is 1.98. The van der Waals surface area contributed by atoms with Gasteiger partial charge in [-0.25, -0.2) is 0 Å². The van der Waals surface area contributed by atoms with Gasteiger partial charge in [-0.05, 0) is 0 Å². The van der Waals surface area contributed by atoms with Crippen molar-refractivity contribution in [2.45, 2.75) is 0 Å². The third-order valence-corrected chi connectivity index (χ3v) is 0.951. The van der Waals surface area contributed by atoms with Gasteiger partial charge in [-0.15, -0.1) is 0 Å². The monoisotopic (exact) mass is 123 g/mol. The molecule has 0 aromatic rings. The van der Waals surface area contributed by atoms with Crippen LogP contribution in [0.2, 0.25) is 0 Å². The maximum atomic E-state index is 9.66. The molecular weight excluding hydrogens is 116 g/mol. The quantitative estimate of drug-likeness (QED) is 0.267. The molecule has 0 aliphatic rings. The van der Waals surface area contributed by atoms with Gasteiger partial charge < -0.3 is 4.55 Å². The summed E-state index contributed by atoms with van der Waals surface area (Å²) in [6, 6.07) is 0. The van der Waals surface area contributed by atoms with E-state index in [0.29, 0.717) is 6.54 Å². The zero-order valence-electron chi connectivity index (χ0n) is 3.72. The van der Waals surface area contributed by atoms with E-state index in [1.807, 2.05) is 0 Å². The lowest BCUT2D eigenvalue weighted by molar-refractivity contribution is 0.534. The zero-order valence-corrected chi connectivity index (χ0v) is 4.53. The topological polar surface area (TPSA) is 78.2 Å². The summed E-state index contributed by atoms with van der Waals surface area (Å²) in [4.78, 5) is 0. The number of nitrogens with two attached hydrogens (primary N) is 1. The Labute approximate surface area is 44.3 Å². The molecule has 0 aliphatic heterocycles. The summed E-state index contributed by atoms with van der Waals surface area (Å²) in [5, 5.41) is 0. The van der Waals surface area contributed by atoms with Crippen LogP contribution in [0.3, 0.4) is 0 Å². The molecule has 1 unspecified atom stereocenters. The molecule has 0 fully saturated rings.